The number of aromatic nitrogens is 4. The second kappa shape index (κ2) is 9.57. The van der Waals surface area contributed by atoms with Gasteiger partial charge < -0.3 is 4.57 Å². The number of nitriles is 1. The monoisotopic (exact) mass is 479 g/mol. The first-order valence-corrected chi connectivity index (χ1v) is 12.1. The lowest BCUT2D eigenvalue weighted by atomic mass is 10.1. The number of Topliss-reactive ketones (excluding diaryl/α,β-unsaturated/α-hetero) is 1. The molecule has 0 unspecified atom stereocenters. The summed E-state index contributed by atoms with van der Waals surface area (Å²) in [7, 11) is 0. The number of nitrogens with zero attached hydrogens (tertiary/aromatic N) is 5. The number of pyridine rings is 1. The fourth-order valence-electron chi connectivity index (χ4n) is 4.09. The van der Waals surface area contributed by atoms with E-state index in [1.807, 2.05) is 60.2 Å². The lowest BCUT2D eigenvalue weighted by molar-refractivity contribution is 0.102. The Hall–Kier alpha value is -4.22. The van der Waals surface area contributed by atoms with Crippen molar-refractivity contribution in [2.24, 2.45) is 0 Å². The summed E-state index contributed by atoms with van der Waals surface area (Å²) < 4.78 is 3.42. The van der Waals surface area contributed by atoms with Crippen molar-refractivity contribution in [3.05, 3.63) is 94.5 Å². The van der Waals surface area contributed by atoms with E-state index in [0.717, 1.165) is 16.5 Å². The van der Waals surface area contributed by atoms with Crippen LogP contribution in [0, 0.1) is 18.3 Å². The molecule has 0 amide bonds. The molecule has 0 saturated carbocycles. The first-order valence-electron chi connectivity index (χ1n) is 11.1. The van der Waals surface area contributed by atoms with Gasteiger partial charge in [-0.25, -0.2) is 14.5 Å². The van der Waals surface area contributed by atoms with Gasteiger partial charge in [-0.1, -0.05) is 42.1 Å². The topological polar surface area (TPSA) is 93.6 Å². The van der Waals surface area contributed by atoms with Crippen molar-refractivity contribution < 1.29 is 4.79 Å². The Kier molecular flexibility index (Phi) is 6.17. The SMILES string of the molecule is Cc1ccnc(-n2c(SCC(=O)c3cn(CCC#N)c4ccccc34)nc3ccccc3c2=O)c1. The van der Waals surface area contributed by atoms with Crippen LogP contribution in [0.5, 0.6) is 0 Å². The van der Waals surface area contributed by atoms with Crippen molar-refractivity contribution in [1.82, 2.24) is 19.1 Å². The number of ketones is 1. The fraction of sp³-hybridized carbons (Fsp3) is 0.148. The second-order valence-corrected chi connectivity index (χ2v) is 9.06. The van der Waals surface area contributed by atoms with Crippen LogP contribution < -0.4 is 5.56 Å². The predicted molar refractivity (Wildman–Crippen MR) is 137 cm³/mol. The molecule has 3 heterocycles. The minimum Gasteiger partial charge on any atom is -0.346 e. The number of carbonyl (C=O) groups is 1. The smallest absolute Gasteiger partial charge is 0.267 e. The fourth-order valence-corrected chi connectivity index (χ4v) is 4.97. The number of fused-ring (bicyclic) bond motifs is 2. The van der Waals surface area contributed by atoms with Crippen molar-refractivity contribution in [1.29, 1.82) is 5.26 Å². The van der Waals surface area contributed by atoms with Crippen molar-refractivity contribution in [2.45, 2.75) is 25.0 Å². The van der Waals surface area contributed by atoms with Gasteiger partial charge >= 0.3 is 0 Å². The lowest BCUT2D eigenvalue weighted by Gasteiger charge is -2.12. The average molecular weight is 480 g/mol. The highest BCUT2D eigenvalue weighted by Crippen LogP contribution is 2.26. The molecule has 7 nitrogen and oxygen atoms in total. The molecule has 0 aliphatic carbocycles. The van der Waals surface area contributed by atoms with Crippen LogP contribution in [-0.4, -0.2) is 30.6 Å². The molecule has 0 fully saturated rings. The van der Waals surface area contributed by atoms with E-state index in [0.29, 0.717) is 40.4 Å². The Labute approximate surface area is 205 Å². The largest absolute Gasteiger partial charge is 0.346 e. The normalized spacial score (nSPS) is 11.1. The van der Waals surface area contributed by atoms with Crippen LogP contribution in [-0.2, 0) is 6.54 Å². The predicted octanol–water partition coefficient (Wildman–Crippen LogP) is 4.93. The molecule has 5 rings (SSSR count). The molecule has 0 atom stereocenters. The van der Waals surface area contributed by atoms with Gasteiger partial charge in [-0.2, -0.15) is 5.26 Å². The molecule has 0 radical (unpaired) electrons. The van der Waals surface area contributed by atoms with E-state index in [9.17, 15) is 9.59 Å². The zero-order valence-corrected chi connectivity index (χ0v) is 19.8. The van der Waals surface area contributed by atoms with Crippen LogP contribution in [0.1, 0.15) is 22.3 Å². The molecule has 0 bridgehead atoms. The summed E-state index contributed by atoms with van der Waals surface area (Å²) in [5.41, 5.74) is 2.82. The maximum absolute atomic E-state index is 13.4. The molecule has 0 spiro atoms. The van der Waals surface area contributed by atoms with Gasteiger partial charge in [-0.3, -0.25) is 9.59 Å². The van der Waals surface area contributed by atoms with Crippen molar-refractivity contribution in [3.63, 3.8) is 0 Å². The molecule has 0 N–H and O–H groups in total. The Morgan fingerprint density at radius 3 is 2.66 bits per heavy atom. The van der Waals surface area contributed by atoms with Crippen LogP contribution in [0.2, 0.25) is 0 Å². The van der Waals surface area contributed by atoms with E-state index in [1.165, 1.54) is 16.3 Å². The Morgan fingerprint density at radius 2 is 1.86 bits per heavy atom. The summed E-state index contributed by atoms with van der Waals surface area (Å²) in [4.78, 5) is 35.8. The molecule has 172 valence electrons. The average Bonchev–Trinajstić information content (AvgIpc) is 3.25. The molecule has 2 aromatic carbocycles. The van der Waals surface area contributed by atoms with Gasteiger partial charge in [0.1, 0.15) is 5.82 Å². The summed E-state index contributed by atoms with van der Waals surface area (Å²) in [5.74, 6) is 0.493. The quantitative estimate of drug-likeness (QED) is 0.187. The summed E-state index contributed by atoms with van der Waals surface area (Å²) in [6.07, 6.45) is 3.83. The van der Waals surface area contributed by atoms with Crippen LogP contribution in [0.3, 0.4) is 0 Å². The summed E-state index contributed by atoms with van der Waals surface area (Å²) in [6.45, 7) is 2.45. The van der Waals surface area contributed by atoms with E-state index >= 15 is 0 Å². The van der Waals surface area contributed by atoms with E-state index < -0.39 is 0 Å². The third-order valence-electron chi connectivity index (χ3n) is 5.76. The molecule has 3 aromatic heterocycles. The number of para-hydroxylation sites is 2. The van der Waals surface area contributed by atoms with Gasteiger partial charge in [0, 0.05) is 35.4 Å². The molecular weight excluding hydrogens is 458 g/mol. The van der Waals surface area contributed by atoms with Gasteiger partial charge in [-0.15, -0.1) is 0 Å². The first-order chi connectivity index (χ1) is 17.1. The van der Waals surface area contributed by atoms with Crippen LogP contribution in [0.15, 0.2) is 83.0 Å². The standard InChI is InChI=1S/C27H21N5O2S/c1-18-11-13-29-25(15-18)32-26(34)20-8-2-4-9-22(20)30-27(32)35-17-24(33)21-16-31(14-6-12-28)23-10-5-3-7-19(21)23/h2-5,7-11,13,15-16H,6,14,17H2,1H3. The number of aryl methyl sites for hydroxylation is 2. The summed E-state index contributed by atoms with van der Waals surface area (Å²) in [6, 6.07) is 20.7. The highest BCUT2D eigenvalue weighted by molar-refractivity contribution is 7.99. The third kappa shape index (κ3) is 4.34. The Morgan fingerprint density at radius 1 is 1.09 bits per heavy atom. The maximum Gasteiger partial charge on any atom is 0.267 e. The summed E-state index contributed by atoms with van der Waals surface area (Å²) >= 11 is 1.22. The van der Waals surface area contributed by atoms with Crippen LogP contribution in [0.4, 0.5) is 0 Å². The number of thioether (sulfide) groups is 1. The second-order valence-electron chi connectivity index (χ2n) is 8.12. The van der Waals surface area contributed by atoms with E-state index in [-0.39, 0.29) is 17.1 Å². The molecule has 0 saturated heterocycles. The Bertz CT molecular complexity index is 1680. The number of rotatable bonds is 7. The van der Waals surface area contributed by atoms with Gasteiger partial charge in [0.25, 0.3) is 5.56 Å². The molecular formula is C27H21N5O2S. The number of hydrogen-bond acceptors (Lipinski definition) is 6. The highest BCUT2D eigenvalue weighted by atomic mass is 32.2. The van der Waals surface area contributed by atoms with Gasteiger partial charge in [-0.05, 0) is 42.8 Å². The minimum absolute atomic E-state index is 0.0759. The van der Waals surface area contributed by atoms with Crippen molar-refractivity contribution >= 4 is 39.4 Å². The third-order valence-corrected chi connectivity index (χ3v) is 6.70. The molecule has 5 aromatic rings. The zero-order chi connectivity index (χ0) is 24.4. The zero-order valence-electron chi connectivity index (χ0n) is 19.0. The number of hydrogen-bond donors (Lipinski definition) is 0. The minimum atomic E-state index is -0.225. The van der Waals surface area contributed by atoms with Gasteiger partial charge in [0.15, 0.2) is 10.9 Å². The number of benzene rings is 2. The lowest BCUT2D eigenvalue weighted by Crippen LogP contribution is -2.23. The van der Waals surface area contributed by atoms with Crippen LogP contribution in [0.25, 0.3) is 27.6 Å². The van der Waals surface area contributed by atoms with E-state index in [1.54, 1.807) is 24.4 Å². The van der Waals surface area contributed by atoms with Crippen molar-refractivity contribution in [2.75, 3.05) is 5.75 Å². The Balaban J connectivity index is 1.53. The van der Waals surface area contributed by atoms with Gasteiger partial charge in [0.2, 0.25) is 0 Å². The van der Waals surface area contributed by atoms with E-state index in [2.05, 4.69) is 11.1 Å². The number of carbonyl (C=O) groups excluding carboxylic acids is 1. The van der Waals surface area contributed by atoms with Crippen LogP contribution >= 0.6 is 11.8 Å². The highest BCUT2D eigenvalue weighted by Gasteiger charge is 2.19. The molecule has 0 aliphatic heterocycles. The molecule has 35 heavy (non-hydrogen) atoms. The van der Waals surface area contributed by atoms with E-state index in [4.69, 9.17) is 10.2 Å². The molecule has 0 aliphatic rings. The maximum atomic E-state index is 13.4. The molecule has 8 heteroatoms. The first kappa shape index (κ1) is 22.6. The van der Waals surface area contributed by atoms with Crippen molar-refractivity contribution in [3.8, 4) is 11.9 Å². The van der Waals surface area contributed by atoms with Gasteiger partial charge in [0.05, 0.1) is 29.1 Å². The summed E-state index contributed by atoms with van der Waals surface area (Å²) in [5, 5.41) is 10.7.